The lowest BCUT2D eigenvalue weighted by Gasteiger charge is -2.30. The highest BCUT2D eigenvalue weighted by Crippen LogP contribution is 2.50. The highest BCUT2D eigenvalue weighted by molar-refractivity contribution is 6.23. The van der Waals surface area contributed by atoms with E-state index in [1.54, 1.807) is 0 Å². The molecule has 1 heterocycles. The van der Waals surface area contributed by atoms with Crippen molar-refractivity contribution in [3.8, 4) is 27.9 Å². The van der Waals surface area contributed by atoms with Gasteiger partial charge in [-0.1, -0.05) is 158 Å². The fraction of sp³-hybridized carbons (Fsp3) is 0. The Kier molecular flexibility index (Phi) is 7.18. The van der Waals surface area contributed by atoms with E-state index in [9.17, 15) is 0 Å². The maximum absolute atomic E-state index is 2.46. The molecule has 0 aliphatic heterocycles. The third kappa shape index (κ3) is 4.80. The predicted molar refractivity (Wildman–Crippen MR) is 221 cm³/mol. The number of hydrogen-bond acceptors (Lipinski definition) is 1. The predicted octanol–water partition coefficient (Wildman–Crippen LogP) is 13.9. The van der Waals surface area contributed by atoms with Crippen LogP contribution in [0.4, 0.5) is 17.1 Å². The number of para-hydroxylation sites is 3. The van der Waals surface area contributed by atoms with E-state index in [0.717, 1.165) is 17.1 Å². The SMILES string of the molecule is c1ccc(-c2ccccc2-c2c3ccccc3c(N(c3ccccc3)c3ccc4c(c3)c3ccccc3n4-c3ccccc3)c3ccccc23)cc1. The minimum absolute atomic E-state index is 1.11. The van der Waals surface area contributed by atoms with Gasteiger partial charge in [-0.15, -0.1) is 0 Å². The van der Waals surface area contributed by atoms with Gasteiger partial charge < -0.3 is 9.47 Å². The topological polar surface area (TPSA) is 8.17 Å². The highest BCUT2D eigenvalue weighted by atomic mass is 15.1. The number of aromatic nitrogens is 1. The number of fused-ring (bicyclic) bond motifs is 5. The standard InChI is InChI=1S/C50H34N2/c1-4-18-35(19-5-1)39-24-10-11-26-41(39)49-42-27-12-14-29-44(42)50(45-30-15-13-28-43(45)49)51(36-20-6-2-7-21-36)38-32-33-48-46(34-38)40-25-16-17-31-47(40)52(48)37-22-8-3-9-23-37/h1-34H. The molecule has 0 radical (unpaired) electrons. The Bertz CT molecular complexity index is 2830. The molecule has 0 atom stereocenters. The molecule has 0 fully saturated rings. The first-order valence-electron chi connectivity index (χ1n) is 17.9. The van der Waals surface area contributed by atoms with Gasteiger partial charge in [0, 0.05) is 38.6 Å². The third-order valence-corrected chi connectivity index (χ3v) is 10.4. The van der Waals surface area contributed by atoms with Gasteiger partial charge in [-0.2, -0.15) is 0 Å². The van der Waals surface area contributed by atoms with Gasteiger partial charge in [0.25, 0.3) is 0 Å². The Labute approximate surface area is 303 Å². The summed E-state index contributed by atoms with van der Waals surface area (Å²) < 4.78 is 2.38. The molecule has 0 saturated carbocycles. The second kappa shape index (κ2) is 12.5. The van der Waals surface area contributed by atoms with Crippen molar-refractivity contribution in [3.05, 3.63) is 206 Å². The summed E-state index contributed by atoms with van der Waals surface area (Å²) in [6.45, 7) is 0. The molecule has 1 aromatic heterocycles. The van der Waals surface area contributed by atoms with Gasteiger partial charge in [0.15, 0.2) is 0 Å². The summed E-state index contributed by atoms with van der Waals surface area (Å²) >= 11 is 0. The molecule has 0 saturated heterocycles. The van der Waals surface area contributed by atoms with Crippen molar-refractivity contribution in [1.29, 1.82) is 0 Å². The van der Waals surface area contributed by atoms with Crippen molar-refractivity contribution in [3.63, 3.8) is 0 Å². The Morgan fingerprint density at radius 2 is 0.827 bits per heavy atom. The normalized spacial score (nSPS) is 11.5. The zero-order valence-electron chi connectivity index (χ0n) is 28.5. The van der Waals surface area contributed by atoms with Gasteiger partial charge in [-0.05, 0) is 81.6 Å². The minimum Gasteiger partial charge on any atom is -0.309 e. The molecule has 0 amide bonds. The van der Waals surface area contributed by atoms with Crippen LogP contribution in [0.25, 0.3) is 71.3 Å². The first-order valence-corrected chi connectivity index (χ1v) is 17.9. The molecule has 0 aliphatic carbocycles. The molecule has 10 aromatic rings. The molecule has 0 N–H and O–H groups in total. The summed E-state index contributed by atoms with van der Waals surface area (Å²) in [5, 5.41) is 7.31. The number of hydrogen-bond donors (Lipinski definition) is 0. The lowest BCUT2D eigenvalue weighted by Crippen LogP contribution is -2.11. The maximum atomic E-state index is 2.46. The van der Waals surface area contributed by atoms with Gasteiger partial charge in [-0.25, -0.2) is 0 Å². The fourth-order valence-electron chi connectivity index (χ4n) is 8.15. The fourth-order valence-corrected chi connectivity index (χ4v) is 8.15. The van der Waals surface area contributed by atoms with Crippen LogP contribution >= 0.6 is 0 Å². The molecule has 10 rings (SSSR count). The van der Waals surface area contributed by atoms with Crippen LogP contribution in [0.2, 0.25) is 0 Å². The Balaban J connectivity index is 1.29. The van der Waals surface area contributed by atoms with Crippen LogP contribution in [0, 0.1) is 0 Å². The van der Waals surface area contributed by atoms with E-state index >= 15 is 0 Å². The van der Waals surface area contributed by atoms with Crippen molar-refractivity contribution in [1.82, 2.24) is 4.57 Å². The Morgan fingerprint density at radius 3 is 1.50 bits per heavy atom. The van der Waals surface area contributed by atoms with Gasteiger partial charge in [0.2, 0.25) is 0 Å². The molecule has 2 nitrogen and oxygen atoms in total. The minimum atomic E-state index is 1.11. The first kappa shape index (κ1) is 30.0. The molecule has 0 spiro atoms. The van der Waals surface area contributed by atoms with Crippen molar-refractivity contribution in [2.75, 3.05) is 4.90 Å². The van der Waals surface area contributed by atoms with Gasteiger partial charge in [0.1, 0.15) is 0 Å². The highest BCUT2D eigenvalue weighted by Gasteiger charge is 2.24. The molecule has 2 heteroatoms. The summed E-state index contributed by atoms with van der Waals surface area (Å²) in [5.74, 6) is 0. The molecule has 244 valence electrons. The molecular formula is C50H34N2. The molecular weight excluding hydrogens is 629 g/mol. The monoisotopic (exact) mass is 662 g/mol. The van der Waals surface area contributed by atoms with Gasteiger partial charge in [0.05, 0.1) is 16.7 Å². The maximum Gasteiger partial charge on any atom is 0.0618 e. The number of anilines is 3. The summed E-state index contributed by atoms with van der Waals surface area (Å²) in [5.41, 5.74) is 11.9. The molecule has 52 heavy (non-hydrogen) atoms. The molecule has 0 unspecified atom stereocenters. The average Bonchev–Trinajstić information content (AvgIpc) is 3.55. The van der Waals surface area contributed by atoms with Crippen LogP contribution < -0.4 is 4.90 Å². The second-order valence-corrected chi connectivity index (χ2v) is 13.3. The van der Waals surface area contributed by atoms with Crippen molar-refractivity contribution < 1.29 is 0 Å². The van der Waals surface area contributed by atoms with Crippen LogP contribution in [-0.4, -0.2) is 4.57 Å². The average molecular weight is 663 g/mol. The summed E-state index contributed by atoms with van der Waals surface area (Å²) in [4.78, 5) is 2.46. The van der Waals surface area contributed by atoms with Crippen molar-refractivity contribution in [2.45, 2.75) is 0 Å². The van der Waals surface area contributed by atoms with E-state index in [4.69, 9.17) is 0 Å². The van der Waals surface area contributed by atoms with Gasteiger partial charge >= 0.3 is 0 Å². The van der Waals surface area contributed by atoms with Crippen molar-refractivity contribution in [2.24, 2.45) is 0 Å². The zero-order valence-corrected chi connectivity index (χ0v) is 28.5. The van der Waals surface area contributed by atoms with Crippen LogP contribution in [0.1, 0.15) is 0 Å². The smallest absolute Gasteiger partial charge is 0.0618 e. The van der Waals surface area contributed by atoms with Crippen LogP contribution in [0.15, 0.2) is 206 Å². The first-order chi connectivity index (χ1) is 25.8. The second-order valence-electron chi connectivity index (χ2n) is 13.3. The largest absolute Gasteiger partial charge is 0.309 e. The quantitative estimate of drug-likeness (QED) is 0.161. The summed E-state index contributed by atoms with van der Waals surface area (Å²) in [6.07, 6.45) is 0. The summed E-state index contributed by atoms with van der Waals surface area (Å²) in [6, 6.07) is 74.6. The van der Waals surface area contributed by atoms with E-state index in [1.807, 2.05) is 0 Å². The van der Waals surface area contributed by atoms with E-state index in [1.165, 1.54) is 71.3 Å². The van der Waals surface area contributed by atoms with Crippen LogP contribution in [0.5, 0.6) is 0 Å². The Hall–Kier alpha value is -6.90. The van der Waals surface area contributed by atoms with Gasteiger partial charge in [-0.3, -0.25) is 0 Å². The molecule has 0 bridgehead atoms. The number of rotatable bonds is 6. The van der Waals surface area contributed by atoms with Crippen LogP contribution in [-0.2, 0) is 0 Å². The third-order valence-electron chi connectivity index (χ3n) is 10.4. The van der Waals surface area contributed by atoms with E-state index < -0.39 is 0 Å². The number of nitrogens with zero attached hydrogens (tertiary/aromatic N) is 2. The molecule has 9 aromatic carbocycles. The Morgan fingerprint density at radius 1 is 0.327 bits per heavy atom. The number of benzene rings is 9. The van der Waals surface area contributed by atoms with E-state index in [-0.39, 0.29) is 0 Å². The lowest BCUT2D eigenvalue weighted by atomic mass is 9.86. The zero-order chi connectivity index (χ0) is 34.4. The summed E-state index contributed by atoms with van der Waals surface area (Å²) in [7, 11) is 0. The van der Waals surface area contributed by atoms with E-state index in [0.29, 0.717) is 0 Å². The van der Waals surface area contributed by atoms with Crippen molar-refractivity contribution >= 4 is 60.4 Å². The lowest BCUT2D eigenvalue weighted by molar-refractivity contribution is 1.18. The van der Waals surface area contributed by atoms with E-state index in [2.05, 4.69) is 216 Å². The molecule has 0 aliphatic rings. The van der Waals surface area contributed by atoms with Crippen LogP contribution in [0.3, 0.4) is 0 Å².